The molecule has 136 valence electrons. The van der Waals surface area contributed by atoms with E-state index in [9.17, 15) is 0 Å². The van der Waals surface area contributed by atoms with Crippen molar-refractivity contribution in [1.82, 2.24) is 0 Å². The Morgan fingerprint density at radius 2 is 1.08 bits per heavy atom. The molecule has 0 bridgehead atoms. The van der Waals surface area contributed by atoms with Crippen molar-refractivity contribution in [1.29, 1.82) is 0 Å². The molecule has 0 N–H and O–H groups in total. The van der Waals surface area contributed by atoms with Crippen molar-refractivity contribution in [2.45, 2.75) is 12.8 Å². The molecule has 0 amide bonds. The van der Waals surface area contributed by atoms with E-state index in [1.165, 1.54) is 15.9 Å². The van der Waals surface area contributed by atoms with Crippen LogP contribution < -0.4 is 15.9 Å². The van der Waals surface area contributed by atoms with Crippen LogP contribution >= 0.6 is 36.7 Å². The first kappa shape index (κ1) is 19.8. The topological polar surface area (TPSA) is 9.23 Å². The molecule has 0 heterocycles. The van der Waals surface area contributed by atoms with E-state index in [0.29, 0.717) is 6.61 Å². The van der Waals surface area contributed by atoms with Crippen molar-refractivity contribution in [2.24, 2.45) is 0 Å². The average Bonchev–Trinajstić information content (AvgIpc) is 2.73. The first-order chi connectivity index (χ1) is 12.7. The third-order valence-electron chi connectivity index (χ3n) is 4.82. The third kappa shape index (κ3) is 3.10. The molecule has 26 heavy (non-hydrogen) atoms. The summed E-state index contributed by atoms with van der Waals surface area (Å²) in [6, 6.07) is 32.2. The Morgan fingerprint density at radius 1 is 0.731 bits per heavy atom. The van der Waals surface area contributed by atoms with Gasteiger partial charge in [0, 0.05) is 0 Å². The molecule has 0 spiro atoms. The normalized spacial score (nSPS) is 14.3. The molecule has 1 atom stereocenters. The van der Waals surface area contributed by atoms with E-state index in [0.717, 1.165) is 5.33 Å². The van der Waals surface area contributed by atoms with Gasteiger partial charge < -0.3 is 0 Å². The molecule has 4 heteroatoms. The maximum atomic E-state index is 6.39. The second-order valence-corrected chi connectivity index (χ2v) is 15.5. The Balaban J connectivity index is 2.47. The van der Waals surface area contributed by atoms with Crippen LogP contribution in [0.25, 0.3) is 0 Å². The summed E-state index contributed by atoms with van der Waals surface area (Å²) in [5.41, 5.74) is 0. The van der Waals surface area contributed by atoms with Crippen molar-refractivity contribution < 1.29 is 4.74 Å². The van der Waals surface area contributed by atoms with Gasteiger partial charge in [-0.15, -0.1) is 0 Å². The number of benzene rings is 3. The van der Waals surface area contributed by atoms with Crippen molar-refractivity contribution in [2.75, 3.05) is 11.9 Å². The summed E-state index contributed by atoms with van der Waals surface area (Å²) in [6.45, 7) is 2.72. The summed E-state index contributed by atoms with van der Waals surface area (Å²) in [5.74, 6) is -0.0294. The van der Waals surface area contributed by atoms with Gasteiger partial charge in [-0.1, -0.05) is 0 Å². The van der Waals surface area contributed by atoms with E-state index in [-0.39, 0.29) is 5.85 Å². The molecule has 1 unspecified atom stereocenters. The van der Waals surface area contributed by atoms with Gasteiger partial charge in [-0.05, 0) is 0 Å². The van der Waals surface area contributed by atoms with Crippen LogP contribution in [0.4, 0.5) is 0 Å². The molecule has 0 radical (unpaired) electrons. The molecule has 0 saturated carbocycles. The van der Waals surface area contributed by atoms with Crippen molar-refractivity contribution in [3.05, 3.63) is 91.0 Å². The predicted octanol–water partition coefficient (Wildman–Crippen LogP) is 5.58. The third-order valence-corrected chi connectivity index (χ3v) is 16.3. The van der Waals surface area contributed by atoms with Gasteiger partial charge in [-0.25, -0.2) is 0 Å². The zero-order valence-electron chi connectivity index (χ0n) is 14.8. The van der Waals surface area contributed by atoms with E-state index in [1.807, 2.05) is 0 Å². The van der Waals surface area contributed by atoms with Gasteiger partial charge in [0.2, 0.25) is 0 Å². The predicted molar refractivity (Wildman–Crippen MR) is 123 cm³/mol. The summed E-state index contributed by atoms with van der Waals surface area (Å²) in [4.78, 5) is 0. The standard InChI is InChI=1S/C22H23Br2OP/c1-2-25-22(18-23)26(24,19-12-6-3-7-13-19,20-14-8-4-9-15-20)21-16-10-5-11-17-21/h3-17,22H,2,18H2,1H3. The molecule has 0 fully saturated rings. The Morgan fingerprint density at radius 3 is 1.35 bits per heavy atom. The second kappa shape index (κ2) is 8.35. The van der Waals surface area contributed by atoms with E-state index >= 15 is 0 Å². The molecular weight excluding hydrogens is 471 g/mol. The van der Waals surface area contributed by atoms with Crippen LogP contribution in [0.2, 0.25) is 0 Å². The number of rotatable bonds is 7. The quantitative estimate of drug-likeness (QED) is 0.308. The van der Waals surface area contributed by atoms with Crippen LogP contribution in [0.3, 0.4) is 0 Å². The van der Waals surface area contributed by atoms with Crippen LogP contribution in [-0.4, -0.2) is 17.8 Å². The van der Waals surface area contributed by atoms with Gasteiger partial charge in [-0.2, -0.15) is 0 Å². The van der Waals surface area contributed by atoms with Gasteiger partial charge in [0.25, 0.3) is 0 Å². The molecule has 0 aliphatic heterocycles. The molecule has 0 saturated heterocycles. The molecule has 0 aliphatic rings. The molecule has 1 nitrogen and oxygen atoms in total. The van der Waals surface area contributed by atoms with Gasteiger partial charge in [0.05, 0.1) is 0 Å². The number of hydrogen-bond acceptors (Lipinski definition) is 1. The summed E-state index contributed by atoms with van der Waals surface area (Å²) in [6.07, 6.45) is 0. The van der Waals surface area contributed by atoms with Gasteiger partial charge in [0.1, 0.15) is 0 Å². The summed E-state index contributed by atoms with van der Waals surface area (Å²) in [7, 11) is 0. The number of ether oxygens (including phenoxy) is 1. The van der Waals surface area contributed by atoms with Crippen LogP contribution in [0.1, 0.15) is 6.92 Å². The molecule has 3 aromatic rings. The second-order valence-electron chi connectivity index (χ2n) is 6.14. The maximum absolute atomic E-state index is 6.39. The minimum atomic E-state index is -3.05. The molecule has 0 aromatic heterocycles. The van der Waals surface area contributed by atoms with Crippen LogP contribution in [-0.2, 0) is 4.74 Å². The molecular formula is C22H23Br2OP. The zero-order chi connectivity index (χ0) is 18.5. The van der Waals surface area contributed by atoms with Crippen molar-refractivity contribution >= 4 is 52.6 Å². The number of halogens is 2. The average molecular weight is 494 g/mol. The van der Waals surface area contributed by atoms with Crippen molar-refractivity contribution in [3.63, 3.8) is 0 Å². The Labute approximate surface area is 172 Å². The van der Waals surface area contributed by atoms with E-state index in [4.69, 9.17) is 4.74 Å². The van der Waals surface area contributed by atoms with Crippen LogP contribution in [0.15, 0.2) is 91.0 Å². The first-order valence-corrected chi connectivity index (χ1v) is 14.2. The fraction of sp³-hybridized carbons (Fsp3) is 0.182. The zero-order valence-corrected chi connectivity index (χ0v) is 18.8. The van der Waals surface area contributed by atoms with Crippen LogP contribution in [0, 0.1) is 0 Å². The van der Waals surface area contributed by atoms with E-state index < -0.39 is 5.31 Å². The van der Waals surface area contributed by atoms with Gasteiger partial charge >= 0.3 is 173 Å². The summed E-state index contributed by atoms with van der Waals surface area (Å²) in [5, 5.41) is 1.51. The first-order valence-electron chi connectivity index (χ1n) is 8.74. The van der Waals surface area contributed by atoms with Crippen molar-refractivity contribution in [3.8, 4) is 0 Å². The molecule has 0 aliphatic carbocycles. The van der Waals surface area contributed by atoms with Gasteiger partial charge in [-0.3, -0.25) is 0 Å². The summed E-state index contributed by atoms with van der Waals surface area (Å²) >= 11 is 8.18. The Kier molecular flexibility index (Phi) is 6.35. The SMILES string of the molecule is CCOC(CBr)P(Br)(c1ccccc1)(c1ccccc1)c1ccccc1. The molecule has 3 aromatic carbocycles. The fourth-order valence-corrected chi connectivity index (χ4v) is 14.5. The minimum absolute atomic E-state index is 0.0294. The van der Waals surface area contributed by atoms with E-state index in [1.54, 1.807) is 0 Å². The number of alkyl halides is 1. The molecule has 3 rings (SSSR count). The number of hydrogen-bond donors (Lipinski definition) is 0. The fourth-order valence-electron chi connectivity index (χ4n) is 3.61. The Bertz CT molecular complexity index is 725. The van der Waals surface area contributed by atoms with Crippen LogP contribution in [0.5, 0.6) is 0 Å². The summed E-state index contributed by atoms with van der Waals surface area (Å²) < 4.78 is 6.39. The van der Waals surface area contributed by atoms with Gasteiger partial charge in [0.15, 0.2) is 0 Å². The Hall–Kier alpha value is -0.990. The van der Waals surface area contributed by atoms with E-state index in [2.05, 4.69) is 129 Å². The monoisotopic (exact) mass is 492 g/mol.